The van der Waals surface area contributed by atoms with E-state index in [4.69, 9.17) is 0 Å². The summed E-state index contributed by atoms with van der Waals surface area (Å²) in [4.78, 5) is 15.9. The van der Waals surface area contributed by atoms with E-state index in [1.165, 1.54) is 0 Å². The highest BCUT2D eigenvalue weighted by Crippen LogP contribution is 2.12. The molecule has 0 aliphatic heterocycles. The van der Waals surface area contributed by atoms with E-state index in [9.17, 15) is 4.79 Å². The average Bonchev–Trinajstić information content (AvgIpc) is 2.73. The number of carbonyl (C=O) groups excluding carboxylic acids is 1. The largest absolute Gasteiger partial charge is 0.352 e. The van der Waals surface area contributed by atoms with Crippen molar-refractivity contribution in [2.75, 3.05) is 0 Å². The summed E-state index contributed by atoms with van der Waals surface area (Å²) in [7, 11) is 0. The fraction of sp³-hybridized carbons (Fsp3) is 0.167. The van der Waals surface area contributed by atoms with Crippen molar-refractivity contribution in [1.29, 1.82) is 0 Å². The minimum atomic E-state index is 0.00977. The van der Waals surface area contributed by atoms with Crippen LogP contribution < -0.4 is 5.32 Å². The number of benzene rings is 1. The molecule has 0 atom stereocenters. The number of hydrogen-bond acceptors (Lipinski definition) is 3. The van der Waals surface area contributed by atoms with Gasteiger partial charge in [0.25, 0.3) is 0 Å². The van der Waals surface area contributed by atoms with Crippen molar-refractivity contribution >= 4 is 39.8 Å². The third kappa shape index (κ3) is 4.08. The Bertz CT molecular complexity index is 498. The topological polar surface area (TPSA) is 42.0 Å². The standard InChI is InChI=1S/C12H11IN2OS/c13-12-15-10(8-17-12)6-11(16)14-7-9-4-2-1-3-5-9/h1-5,8H,6-7H2,(H,14,16). The van der Waals surface area contributed by atoms with Gasteiger partial charge in [-0.3, -0.25) is 4.79 Å². The molecule has 88 valence electrons. The van der Waals surface area contributed by atoms with Crippen molar-refractivity contribution in [3.63, 3.8) is 0 Å². The zero-order valence-corrected chi connectivity index (χ0v) is 12.0. The Morgan fingerprint density at radius 1 is 1.35 bits per heavy atom. The van der Waals surface area contributed by atoms with Crippen molar-refractivity contribution in [2.45, 2.75) is 13.0 Å². The molecule has 1 amide bonds. The highest BCUT2D eigenvalue weighted by atomic mass is 127. The summed E-state index contributed by atoms with van der Waals surface area (Å²) in [5.74, 6) is 0.00977. The van der Waals surface area contributed by atoms with Crippen LogP contribution in [0.4, 0.5) is 0 Å². The maximum atomic E-state index is 11.6. The molecule has 0 radical (unpaired) electrons. The lowest BCUT2D eigenvalue weighted by molar-refractivity contribution is -0.120. The van der Waals surface area contributed by atoms with Gasteiger partial charge in [-0.25, -0.2) is 4.98 Å². The van der Waals surface area contributed by atoms with Crippen LogP contribution in [0.5, 0.6) is 0 Å². The SMILES string of the molecule is O=C(Cc1csc(I)n1)NCc1ccccc1. The Hall–Kier alpha value is -0.950. The highest BCUT2D eigenvalue weighted by molar-refractivity contribution is 14.1. The van der Waals surface area contributed by atoms with Crippen molar-refractivity contribution in [3.05, 3.63) is 50.0 Å². The van der Waals surface area contributed by atoms with Crippen LogP contribution in [-0.4, -0.2) is 10.9 Å². The van der Waals surface area contributed by atoms with E-state index in [-0.39, 0.29) is 5.91 Å². The molecule has 0 saturated heterocycles. The van der Waals surface area contributed by atoms with Crippen LogP contribution in [0.2, 0.25) is 0 Å². The van der Waals surface area contributed by atoms with Gasteiger partial charge in [0.05, 0.1) is 12.1 Å². The Labute approximate surface area is 117 Å². The molecule has 0 bridgehead atoms. The minimum absolute atomic E-state index is 0.00977. The molecule has 0 saturated carbocycles. The third-order valence-corrected chi connectivity index (χ3v) is 3.88. The number of nitrogens with zero attached hydrogens (tertiary/aromatic N) is 1. The van der Waals surface area contributed by atoms with Crippen LogP contribution >= 0.6 is 33.9 Å². The number of carbonyl (C=O) groups is 1. The van der Waals surface area contributed by atoms with E-state index in [2.05, 4.69) is 32.9 Å². The summed E-state index contributed by atoms with van der Waals surface area (Å²) in [5, 5.41) is 4.80. The summed E-state index contributed by atoms with van der Waals surface area (Å²) in [6.45, 7) is 0.570. The third-order valence-electron chi connectivity index (χ3n) is 2.20. The number of nitrogens with one attached hydrogen (secondary N) is 1. The Balaban J connectivity index is 1.82. The molecule has 1 aromatic heterocycles. The fourth-order valence-electron chi connectivity index (χ4n) is 1.39. The molecule has 3 nitrogen and oxygen atoms in total. The van der Waals surface area contributed by atoms with Crippen molar-refractivity contribution < 1.29 is 4.79 Å². The van der Waals surface area contributed by atoms with Crippen LogP contribution in [0.15, 0.2) is 35.7 Å². The summed E-state index contributed by atoms with van der Waals surface area (Å²) < 4.78 is 0.966. The van der Waals surface area contributed by atoms with E-state index in [1.807, 2.05) is 35.7 Å². The molecule has 2 rings (SSSR count). The van der Waals surface area contributed by atoms with E-state index in [0.29, 0.717) is 13.0 Å². The second-order valence-electron chi connectivity index (χ2n) is 3.53. The van der Waals surface area contributed by atoms with Crippen molar-refractivity contribution in [1.82, 2.24) is 10.3 Å². The number of halogens is 1. The second-order valence-corrected chi connectivity index (χ2v) is 6.14. The Morgan fingerprint density at radius 2 is 2.12 bits per heavy atom. The zero-order chi connectivity index (χ0) is 12.1. The number of thiazole rings is 1. The quantitative estimate of drug-likeness (QED) is 0.854. The van der Waals surface area contributed by atoms with Crippen molar-refractivity contribution in [2.24, 2.45) is 0 Å². The molecule has 0 aliphatic rings. The molecule has 1 N–H and O–H groups in total. The molecule has 5 heteroatoms. The molecular formula is C12H11IN2OS. The van der Waals surface area contributed by atoms with Gasteiger partial charge in [-0.05, 0) is 28.2 Å². The Morgan fingerprint density at radius 3 is 2.76 bits per heavy atom. The number of rotatable bonds is 4. The molecule has 2 aromatic rings. The summed E-state index contributed by atoms with van der Waals surface area (Å²) in [6, 6.07) is 9.87. The number of aromatic nitrogens is 1. The molecule has 0 aliphatic carbocycles. The number of amides is 1. The average molecular weight is 358 g/mol. The van der Waals surface area contributed by atoms with Crippen LogP contribution in [0, 0.1) is 3.01 Å². The normalized spacial score (nSPS) is 10.2. The van der Waals surface area contributed by atoms with Gasteiger partial charge in [-0.1, -0.05) is 30.3 Å². The fourth-order valence-corrected chi connectivity index (χ4v) is 2.62. The van der Waals surface area contributed by atoms with Gasteiger partial charge >= 0.3 is 0 Å². The van der Waals surface area contributed by atoms with Crippen LogP contribution in [0.3, 0.4) is 0 Å². The monoisotopic (exact) mass is 358 g/mol. The molecule has 1 aromatic carbocycles. The van der Waals surface area contributed by atoms with E-state index >= 15 is 0 Å². The lowest BCUT2D eigenvalue weighted by Gasteiger charge is -2.03. The molecular weight excluding hydrogens is 347 g/mol. The highest BCUT2D eigenvalue weighted by Gasteiger charge is 2.06. The van der Waals surface area contributed by atoms with E-state index < -0.39 is 0 Å². The first-order valence-corrected chi connectivity index (χ1v) is 7.10. The van der Waals surface area contributed by atoms with E-state index in [1.54, 1.807) is 11.3 Å². The van der Waals surface area contributed by atoms with Gasteiger partial charge in [0, 0.05) is 11.9 Å². The van der Waals surface area contributed by atoms with Crippen LogP contribution in [-0.2, 0) is 17.8 Å². The second kappa shape index (κ2) is 6.11. The lowest BCUT2D eigenvalue weighted by atomic mass is 10.2. The minimum Gasteiger partial charge on any atom is -0.352 e. The van der Waals surface area contributed by atoms with Crippen LogP contribution in [0.25, 0.3) is 0 Å². The molecule has 0 spiro atoms. The van der Waals surface area contributed by atoms with Crippen LogP contribution in [0.1, 0.15) is 11.3 Å². The van der Waals surface area contributed by atoms with E-state index in [0.717, 1.165) is 14.3 Å². The van der Waals surface area contributed by atoms with Crippen molar-refractivity contribution in [3.8, 4) is 0 Å². The molecule has 0 unspecified atom stereocenters. The first kappa shape index (κ1) is 12.5. The van der Waals surface area contributed by atoms with Gasteiger partial charge in [0.1, 0.15) is 0 Å². The lowest BCUT2D eigenvalue weighted by Crippen LogP contribution is -2.24. The summed E-state index contributed by atoms with van der Waals surface area (Å²) >= 11 is 3.71. The maximum absolute atomic E-state index is 11.6. The Kier molecular flexibility index (Phi) is 4.49. The molecule has 1 heterocycles. The predicted octanol–water partition coefficient (Wildman–Crippen LogP) is 2.61. The molecule has 17 heavy (non-hydrogen) atoms. The number of hydrogen-bond donors (Lipinski definition) is 1. The van der Waals surface area contributed by atoms with Gasteiger partial charge in [0.2, 0.25) is 5.91 Å². The maximum Gasteiger partial charge on any atom is 0.226 e. The predicted molar refractivity (Wildman–Crippen MR) is 76.8 cm³/mol. The first-order valence-electron chi connectivity index (χ1n) is 5.14. The molecule has 0 fully saturated rings. The smallest absolute Gasteiger partial charge is 0.226 e. The first-order chi connectivity index (χ1) is 8.24. The van der Waals surface area contributed by atoms with Gasteiger partial charge < -0.3 is 5.32 Å². The summed E-state index contributed by atoms with van der Waals surface area (Å²) in [6.07, 6.45) is 0.354. The summed E-state index contributed by atoms with van der Waals surface area (Å²) in [5.41, 5.74) is 1.94. The zero-order valence-electron chi connectivity index (χ0n) is 9.02. The van der Waals surface area contributed by atoms with Gasteiger partial charge in [-0.2, -0.15) is 0 Å². The van der Waals surface area contributed by atoms with Gasteiger partial charge in [-0.15, -0.1) is 11.3 Å². The van der Waals surface area contributed by atoms with Gasteiger partial charge in [0.15, 0.2) is 3.01 Å².